The smallest absolute Gasteiger partial charge is 0.266 e. The Balaban J connectivity index is 2.30. The summed E-state index contributed by atoms with van der Waals surface area (Å²) < 4.78 is 31.3. The quantitative estimate of drug-likeness (QED) is 0.614. The van der Waals surface area contributed by atoms with Crippen molar-refractivity contribution in [3.63, 3.8) is 0 Å². The number of aromatic nitrogens is 4. The fraction of sp³-hybridized carbons (Fsp3) is 0.375. The summed E-state index contributed by atoms with van der Waals surface area (Å²) in [6, 6.07) is 1.57. The van der Waals surface area contributed by atoms with Crippen molar-refractivity contribution >= 4 is 45.1 Å². The molecule has 8 nitrogen and oxygen atoms in total. The second kappa shape index (κ2) is 5.49. The van der Waals surface area contributed by atoms with E-state index in [0.717, 1.165) is 0 Å². The molecule has 0 aliphatic rings. The predicted molar refractivity (Wildman–Crippen MR) is 72.5 cm³/mol. The molecule has 2 rings (SSSR count). The van der Waals surface area contributed by atoms with Crippen LogP contribution in [-0.2, 0) is 10.1 Å². The zero-order valence-corrected chi connectivity index (χ0v) is 12.1. The number of nitrogens with zero attached hydrogens (tertiary/aromatic N) is 4. The number of anilines is 1. The van der Waals surface area contributed by atoms with E-state index in [1.54, 1.807) is 6.07 Å². The van der Waals surface area contributed by atoms with Gasteiger partial charge in [-0.3, -0.25) is 4.55 Å². The Morgan fingerprint density at radius 2 is 2.26 bits per heavy atom. The first-order valence-electron chi connectivity index (χ1n) is 5.05. The zero-order valence-electron chi connectivity index (χ0n) is 9.74. The van der Waals surface area contributed by atoms with E-state index >= 15 is 0 Å². The molecule has 2 N–H and O–H groups in total. The van der Waals surface area contributed by atoms with Crippen molar-refractivity contribution in [3.8, 4) is 0 Å². The Morgan fingerprint density at radius 3 is 2.89 bits per heavy atom. The molecule has 0 atom stereocenters. The molecule has 2 heterocycles. The Labute approximate surface area is 118 Å². The van der Waals surface area contributed by atoms with E-state index in [9.17, 15) is 8.42 Å². The van der Waals surface area contributed by atoms with E-state index in [0.29, 0.717) is 16.8 Å². The van der Waals surface area contributed by atoms with Crippen molar-refractivity contribution < 1.29 is 13.0 Å². The lowest BCUT2D eigenvalue weighted by Gasteiger charge is -2.07. The third-order valence-corrected chi connectivity index (χ3v) is 3.55. The topological polar surface area (TPSA) is 109 Å². The van der Waals surface area contributed by atoms with Crippen LogP contribution in [0.15, 0.2) is 11.2 Å². The predicted octanol–water partition coefficient (Wildman–Crippen LogP) is 0.799. The van der Waals surface area contributed by atoms with Gasteiger partial charge < -0.3 is 5.32 Å². The molecule has 0 saturated carbocycles. The molecular formula is C8H10ClN5O3S2. The van der Waals surface area contributed by atoms with Crippen LogP contribution >= 0.6 is 23.4 Å². The molecule has 0 aromatic carbocycles. The molecule has 104 valence electrons. The molecule has 0 saturated heterocycles. The van der Waals surface area contributed by atoms with Gasteiger partial charge in [-0.05, 0) is 6.26 Å². The van der Waals surface area contributed by atoms with E-state index in [4.69, 9.17) is 16.2 Å². The van der Waals surface area contributed by atoms with Gasteiger partial charge in [0.05, 0.1) is 5.75 Å². The average molecular weight is 324 g/mol. The maximum absolute atomic E-state index is 10.6. The Kier molecular flexibility index (Phi) is 4.13. The SMILES string of the molecule is CSc1nc(NCCS(=O)(=O)O)n2nc(Cl)cc2n1. The standard InChI is InChI=1S/C8H10ClN5O3S2/c1-18-8-11-6-4-5(9)13-14(6)7(12-8)10-2-3-19(15,16)17/h4H,2-3H2,1H3,(H,10,11,12)(H,15,16,17). The third kappa shape index (κ3) is 3.69. The second-order valence-electron chi connectivity index (χ2n) is 3.48. The van der Waals surface area contributed by atoms with Crippen molar-refractivity contribution in [2.24, 2.45) is 0 Å². The van der Waals surface area contributed by atoms with Crippen LogP contribution < -0.4 is 5.32 Å². The highest BCUT2D eigenvalue weighted by molar-refractivity contribution is 7.98. The summed E-state index contributed by atoms with van der Waals surface area (Å²) in [7, 11) is -4.02. The van der Waals surface area contributed by atoms with Crippen LogP contribution in [0.1, 0.15) is 0 Å². The van der Waals surface area contributed by atoms with Gasteiger partial charge in [0.25, 0.3) is 10.1 Å². The van der Waals surface area contributed by atoms with Gasteiger partial charge in [-0.25, -0.2) is 4.98 Å². The number of nitrogens with one attached hydrogen (secondary N) is 1. The van der Waals surface area contributed by atoms with Gasteiger partial charge in [-0.15, -0.1) is 0 Å². The molecule has 11 heteroatoms. The monoisotopic (exact) mass is 323 g/mol. The summed E-state index contributed by atoms with van der Waals surface area (Å²) in [5.74, 6) is -0.118. The number of hydrogen-bond acceptors (Lipinski definition) is 7. The van der Waals surface area contributed by atoms with Gasteiger partial charge in [0.2, 0.25) is 5.95 Å². The molecule has 0 unspecified atom stereocenters. The van der Waals surface area contributed by atoms with E-state index < -0.39 is 15.9 Å². The summed E-state index contributed by atoms with van der Waals surface area (Å²) >= 11 is 7.12. The normalized spacial score (nSPS) is 11.9. The van der Waals surface area contributed by atoms with Crippen molar-refractivity contribution in [2.45, 2.75) is 5.16 Å². The summed E-state index contributed by atoms with van der Waals surface area (Å²) in [5.41, 5.74) is 0.499. The number of fused-ring (bicyclic) bond motifs is 1. The number of halogens is 1. The van der Waals surface area contributed by atoms with Gasteiger partial charge in [0.1, 0.15) is 0 Å². The van der Waals surface area contributed by atoms with Crippen molar-refractivity contribution in [1.29, 1.82) is 0 Å². The molecule has 2 aromatic rings. The van der Waals surface area contributed by atoms with E-state index in [2.05, 4.69) is 20.4 Å². The summed E-state index contributed by atoms with van der Waals surface area (Å²) in [5, 5.41) is 7.50. The number of hydrogen-bond donors (Lipinski definition) is 2. The maximum atomic E-state index is 10.6. The molecule has 0 fully saturated rings. The van der Waals surface area contributed by atoms with Gasteiger partial charge in [0.15, 0.2) is 16.0 Å². The Hall–Kier alpha value is -1.10. The average Bonchev–Trinajstić information content (AvgIpc) is 2.67. The van der Waals surface area contributed by atoms with Crippen LogP contribution in [-0.4, -0.2) is 51.1 Å². The number of rotatable bonds is 5. The fourth-order valence-electron chi connectivity index (χ4n) is 1.34. The van der Waals surface area contributed by atoms with Gasteiger partial charge in [-0.2, -0.15) is 23.0 Å². The van der Waals surface area contributed by atoms with E-state index in [1.807, 2.05) is 6.26 Å². The van der Waals surface area contributed by atoms with E-state index in [-0.39, 0.29) is 11.7 Å². The Morgan fingerprint density at radius 1 is 1.53 bits per heavy atom. The van der Waals surface area contributed by atoms with Crippen molar-refractivity contribution in [2.75, 3.05) is 23.9 Å². The highest BCUT2D eigenvalue weighted by Crippen LogP contribution is 2.17. The van der Waals surface area contributed by atoms with Gasteiger partial charge in [0, 0.05) is 12.6 Å². The lowest BCUT2D eigenvalue weighted by molar-refractivity contribution is 0.484. The van der Waals surface area contributed by atoms with Crippen LogP contribution in [0.3, 0.4) is 0 Å². The first-order chi connectivity index (χ1) is 8.89. The minimum atomic E-state index is -4.02. The highest BCUT2D eigenvalue weighted by atomic mass is 35.5. The molecule has 0 amide bonds. The second-order valence-corrected chi connectivity index (χ2v) is 6.22. The fourth-order valence-corrected chi connectivity index (χ4v) is 2.23. The summed E-state index contributed by atoms with van der Waals surface area (Å²) in [6.07, 6.45) is 1.81. The minimum Gasteiger partial charge on any atom is -0.353 e. The largest absolute Gasteiger partial charge is 0.353 e. The number of thioether (sulfide) groups is 1. The highest BCUT2D eigenvalue weighted by Gasteiger charge is 2.11. The Bertz CT molecular complexity index is 702. The van der Waals surface area contributed by atoms with Gasteiger partial charge >= 0.3 is 0 Å². The molecular weight excluding hydrogens is 314 g/mol. The molecule has 0 bridgehead atoms. The van der Waals surface area contributed by atoms with E-state index in [1.165, 1.54) is 16.3 Å². The molecule has 0 aliphatic heterocycles. The minimum absolute atomic E-state index is 0.00372. The molecule has 0 radical (unpaired) electrons. The van der Waals surface area contributed by atoms with Crippen LogP contribution in [0.5, 0.6) is 0 Å². The zero-order chi connectivity index (χ0) is 14.0. The van der Waals surface area contributed by atoms with Crippen LogP contribution in [0.2, 0.25) is 5.15 Å². The third-order valence-electron chi connectivity index (χ3n) is 2.10. The summed E-state index contributed by atoms with van der Waals surface area (Å²) in [6.45, 7) is -0.00372. The molecule has 2 aromatic heterocycles. The van der Waals surface area contributed by atoms with Crippen LogP contribution in [0.4, 0.5) is 5.95 Å². The summed E-state index contributed by atoms with van der Waals surface area (Å²) in [4.78, 5) is 8.35. The van der Waals surface area contributed by atoms with Crippen molar-refractivity contribution in [3.05, 3.63) is 11.2 Å². The van der Waals surface area contributed by atoms with Crippen LogP contribution in [0.25, 0.3) is 5.65 Å². The molecule has 0 aliphatic carbocycles. The van der Waals surface area contributed by atoms with Gasteiger partial charge in [-0.1, -0.05) is 23.4 Å². The molecule has 19 heavy (non-hydrogen) atoms. The lowest BCUT2D eigenvalue weighted by atomic mass is 10.6. The first-order valence-corrected chi connectivity index (χ1v) is 8.26. The lowest BCUT2D eigenvalue weighted by Crippen LogP contribution is -2.17. The molecule has 0 spiro atoms. The van der Waals surface area contributed by atoms with Crippen molar-refractivity contribution in [1.82, 2.24) is 19.6 Å². The van der Waals surface area contributed by atoms with Crippen LogP contribution in [0, 0.1) is 0 Å². The maximum Gasteiger partial charge on any atom is 0.266 e. The first kappa shape index (κ1) is 14.3.